The number of hydrogen-bond acceptors (Lipinski definition) is 7. The Morgan fingerprint density at radius 2 is 1.77 bits per heavy atom. The smallest absolute Gasteiger partial charge is 0.338 e. The fraction of sp³-hybridized carbons (Fsp3) is 0.400. The minimum atomic E-state index is -0.649. The van der Waals surface area contributed by atoms with Gasteiger partial charge < -0.3 is 19.0 Å². The number of amides is 2. The van der Waals surface area contributed by atoms with E-state index in [-0.39, 0.29) is 28.7 Å². The second-order valence-electron chi connectivity index (χ2n) is 8.75. The summed E-state index contributed by atoms with van der Waals surface area (Å²) in [5.41, 5.74) is 0.609. The van der Waals surface area contributed by atoms with Crippen LogP contribution in [0.25, 0.3) is 10.9 Å². The number of esters is 1. The molecule has 2 aliphatic rings. The molecule has 2 aromatic heterocycles. The molecule has 1 fully saturated rings. The normalized spacial score (nSPS) is 16.0. The minimum Gasteiger partial charge on any atom is -0.459 e. The first-order chi connectivity index (χ1) is 17.0. The second-order valence-corrected chi connectivity index (χ2v) is 8.75. The Labute approximate surface area is 201 Å². The predicted octanol–water partition coefficient (Wildman–Crippen LogP) is 1.86. The molecular formula is C25H26N4O6. The third kappa shape index (κ3) is 4.68. The molecule has 0 radical (unpaired) electrons. The molecule has 0 spiro atoms. The number of carbonyl (C=O) groups is 3. The zero-order valence-electron chi connectivity index (χ0n) is 19.3. The lowest BCUT2D eigenvalue weighted by molar-refractivity contribution is -0.136. The maximum absolute atomic E-state index is 12.9. The van der Waals surface area contributed by atoms with Gasteiger partial charge in [0.25, 0.3) is 17.4 Å². The Morgan fingerprint density at radius 3 is 2.54 bits per heavy atom. The maximum Gasteiger partial charge on any atom is 0.338 e. The Morgan fingerprint density at radius 1 is 0.971 bits per heavy atom. The van der Waals surface area contributed by atoms with Crippen molar-refractivity contribution in [3.63, 3.8) is 0 Å². The molecule has 0 unspecified atom stereocenters. The molecule has 35 heavy (non-hydrogen) atoms. The van der Waals surface area contributed by atoms with Gasteiger partial charge in [0, 0.05) is 39.1 Å². The first-order valence-electron chi connectivity index (χ1n) is 11.8. The summed E-state index contributed by atoms with van der Waals surface area (Å²) >= 11 is 0. The highest BCUT2D eigenvalue weighted by atomic mass is 16.5. The highest BCUT2D eigenvalue weighted by Crippen LogP contribution is 2.17. The highest BCUT2D eigenvalue weighted by Gasteiger charge is 2.26. The Balaban J connectivity index is 1.19. The molecule has 3 aromatic rings. The zero-order valence-corrected chi connectivity index (χ0v) is 19.3. The quantitative estimate of drug-likeness (QED) is 0.526. The monoisotopic (exact) mass is 478 g/mol. The highest BCUT2D eigenvalue weighted by molar-refractivity contribution is 5.95. The van der Waals surface area contributed by atoms with Gasteiger partial charge in [0.05, 0.1) is 22.7 Å². The van der Waals surface area contributed by atoms with Gasteiger partial charge in [-0.25, -0.2) is 9.78 Å². The van der Waals surface area contributed by atoms with Crippen LogP contribution in [0.2, 0.25) is 0 Å². The number of piperazine rings is 1. The van der Waals surface area contributed by atoms with Crippen LogP contribution in [0.5, 0.6) is 0 Å². The molecule has 0 atom stereocenters. The average molecular weight is 479 g/mol. The molecule has 2 aliphatic heterocycles. The van der Waals surface area contributed by atoms with Crippen molar-refractivity contribution in [3.8, 4) is 0 Å². The van der Waals surface area contributed by atoms with Gasteiger partial charge in [0.2, 0.25) is 0 Å². The fourth-order valence-electron chi connectivity index (χ4n) is 4.56. The van der Waals surface area contributed by atoms with Crippen LogP contribution in [0.3, 0.4) is 0 Å². The molecule has 4 heterocycles. The third-order valence-corrected chi connectivity index (χ3v) is 6.53. The van der Waals surface area contributed by atoms with Gasteiger partial charge in [-0.1, -0.05) is 6.42 Å². The van der Waals surface area contributed by atoms with E-state index in [9.17, 15) is 19.2 Å². The lowest BCUT2D eigenvalue weighted by Gasteiger charge is -2.34. The minimum absolute atomic E-state index is 0.0910. The molecule has 182 valence electrons. The van der Waals surface area contributed by atoms with E-state index in [4.69, 9.17) is 9.15 Å². The van der Waals surface area contributed by atoms with Crippen LogP contribution in [-0.2, 0) is 22.5 Å². The van der Waals surface area contributed by atoms with Crippen LogP contribution in [0.1, 0.15) is 46.0 Å². The first-order valence-corrected chi connectivity index (χ1v) is 11.8. The Hall–Kier alpha value is -3.95. The number of ether oxygens (including phenoxy) is 1. The largest absolute Gasteiger partial charge is 0.459 e. The Bertz CT molecular complexity index is 1320. The van der Waals surface area contributed by atoms with Crippen LogP contribution < -0.4 is 5.56 Å². The SMILES string of the molecule is O=C(OCC(=O)N1CCN(C(=O)c2ccco2)CC1)c1ccc2c(=O)n3c(nc2c1)CCCCC3. The maximum atomic E-state index is 12.9. The van der Waals surface area contributed by atoms with Crippen LogP contribution in [0.15, 0.2) is 45.8 Å². The fourth-order valence-corrected chi connectivity index (χ4v) is 4.56. The van der Waals surface area contributed by atoms with Gasteiger partial charge in [-0.15, -0.1) is 0 Å². The van der Waals surface area contributed by atoms with E-state index in [1.54, 1.807) is 38.6 Å². The number of nitrogens with zero attached hydrogens (tertiary/aromatic N) is 4. The molecule has 0 aliphatic carbocycles. The molecule has 1 saturated heterocycles. The number of fused-ring (bicyclic) bond motifs is 2. The lowest BCUT2D eigenvalue weighted by atomic mass is 10.1. The van der Waals surface area contributed by atoms with Gasteiger partial charge in [0.1, 0.15) is 5.82 Å². The number of benzene rings is 1. The predicted molar refractivity (Wildman–Crippen MR) is 125 cm³/mol. The van der Waals surface area contributed by atoms with Crippen LogP contribution in [-0.4, -0.2) is 69.9 Å². The second kappa shape index (κ2) is 9.73. The zero-order chi connectivity index (χ0) is 24.4. The number of aromatic nitrogens is 2. The van der Waals surface area contributed by atoms with Gasteiger partial charge in [0.15, 0.2) is 12.4 Å². The topological polar surface area (TPSA) is 115 Å². The number of rotatable bonds is 4. The lowest BCUT2D eigenvalue weighted by Crippen LogP contribution is -2.51. The summed E-state index contributed by atoms with van der Waals surface area (Å²) in [6, 6.07) is 7.93. The summed E-state index contributed by atoms with van der Waals surface area (Å²) in [5, 5.41) is 0.463. The van der Waals surface area contributed by atoms with Gasteiger partial charge in [-0.2, -0.15) is 0 Å². The molecular weight excluding hydrogens is 452 g/mol. The molecule has 10 nitrogen and oxygen atoms in total. The number of aryl methyl sites for hydroxylation is 1. The van der Waals surface area contributed by atoms with Crippen LogP contribution in [0.4, 0.5) is 0 Å². The van der Waals surface area contributed by atoms with Crippen LogP contribution >= 0.6 is 0 Å². The summed E-state index contributed by atoms with van der Waals surface area (Å²) in [7, 11) is 0. The van der Waals surface area contributed by atoms with E-state index < -0.39 is 12.6 Å². The Kier molecular flexibility index (Phi) is 6.35. The van der Waals surface area contributed by atoms with Gasteiger partial charge in [-0.05, 0) is 43.2 Å². The summed E-state index contributed by atoms with van der Waals surface area (Å²) in [5.74, 6) is -0.183. The van der Waals surface area contributed by atoms with Crippen molar-refractivity contribution < 1.29 is 23.5 Å². The van der Waals surface area contributed by atoms with Gasteiger partial charge >= 0.3 is 5.97 Å². The summed E-state index contributed by atoms with van der Waals surface area (Å²) in [6.45, 7) is 1.69. The number of carbonyl (C=O) groups excluding carboxylic acids is 3. The van der Waals surface area contributed by atoms with Crippen molar-refractivity contribution in [2.24, 2.45) is 0 Å². The molecule has 5 rings (SSSR count). The van der Waals surface area contributed by atoms with E-state index >= 15 is 0 Å². The van der Waals surface area contributed by atoms with E-state index in [2.05, 4.69) is 4.98 Å². The number of furan rings is 1. The molecule has 2 amide bonds. The van der Waals surface area contributed by atoms with E-state index in [1.165, 1.54) is 12.3 Å². The average Bonchev–Trinajstić information content (AvgIpc) is 3.32. The van der Waals surface area contributed by atoms with Crippen LogP contribution in [0, 0.1) is 0 Å². The van der Waals surface area contributed by atoms with Crippen molar-refractivity contribution >= 4 is 28.7 Å². The molecule has 0 saturated carbocycles. The van der Waals surface area contributed by atoms with Crippen molar-refractivity contribution in [2.75, 3.05) is 32.8 Å². The third-order valence-electron chi connectivity index (χ3n) is 6.53. The van der Waals surface area contributed by atoms with Crippen molar-refractivity contribution in [3.05, 3.63) is 64.1 Å². The summed E-state index contributed by atoms with van der Waals surface area (Å²) in [4.78, 5) is 58.2. The van der Waals surface area contributed by atoms with Crippen molar-refractivity contribution in [2.45, 2.75) is 32.2 Å². The standard InChI is InChI=1S/C25H26N4O6/c30-22(27-10-12-28(13-11-27)24(32)20-5-4-14-34-20)16-35-25(33)17-7-8-18-19(15-17)26-21-6-2-1-3-9-29(21)23(18)31/h4-5,7-8,14-15H,1-3,6,9-13,16H2. The molecule has 1 aromatic carbocycles. The summed E-state index contributed by atoms with van der Waals surface area (Å²) < 4.78 is 12.1. The molecule has 10 heteroatoms. The number of hydrogen-bond donors (Lipinski definition) is 0. The molecule has 0 N–H and O–H groups in total. The van der Waals surface area contributed by atoms with E-state index in [0.717, 1.165) is 31.5 Å². The van der Waals surface area contributed by atoms with E-state index in [0.29, 0.717) is 43.6 Å². The van der Waals surface area contributed by atoms with Gasteiger partial charge in [-0.3, -0.25) is 19.0 Å². The summed E-state index contributed by atoms with van der Waals surface area (Å²) in [6.07, 6.45) is 5.16. The van der Waals surface area contributed by atoms with Crippen molar-refractivity contribution in [1.82, 2.24) is 19.4 Å². The van der Waals surface area contributed by atoms with Crippen molar-refractivity contribution in [1.29, 1.82) is 0 Å². The van der Waals surface area contributed by atoms with E-state index in [1.807, 2.05) is 0 Å². The molecule has 0 bridgehead atoms. The first kappa shape index (κ1) is 22.8.